The molecule has 0 spiro atoms. The van der Waals surface area contributed by atoms with Crippen molar-refractivity contribution in [3.05, 3.63) is 51.5 Å². The van der Waals surface area contributed by atoms with E-state index in [9.17, 15) is 8.78 Å². The Morgan fingerprint density at radius 3 is 2.79 bits per heavy atom. The average Bonchev–Trinajstić information content (AvgIpc) is 2.81. The van der Waals surface area contributed by atoms with Crippen LogP contribution in [0.25, 0.3) is 0 Å². The van der Waals surface area contributed by atoms with Gasteiger partial charge in [0.25, 0.3) is 0 Å². The molecule has 0 saturated heterocycles. The van der Waals surface area contributed by atoms with Crippen molar-refractivity contribution in [2.24, 2.45) is 0 Å². The maximum atomic E-state index is 13.7. The van der Waals surface area contributed by atoms with E-state index in [1.807, 2.05) is 19.2 Å². The van der Waals surface area contributed by atoms with Gasteiger partial charge >= 0.3 is 0 Å². The summed E-state index contributed by atoms with van der Waals surface area (Å²) in [4.78, 5) is 4.42. The van der Waals surface area contributed by atoms with E-state index >= 15 is 0 Å². The number of hydrogen-bond donors (Lipinski definition) is 1. The summed E-state index contributed by atoms with van der Waals surface area (Å²) in [5.41, 5.74) is 1.25. The Balaban J connectivity index is 2.23. The second-order valence-electron chi connectivity index (χ2n) is 4.32. The summed E-state index contributed by atoms with van der Waals surface area (Å²) < 4.78 is 26.9. The molecule has 0 saturated carbocycles. The number of nitrogens with one attached hydrogen (secondary N) is 1. The lowest BCUT2D eigenvalue weighted by Crippen LogP contribution is -2.23. The number of benzene rings is 1. The molecular formula is C14H16F2N2S. The predicted octanol–water partition coefficient (Wildman–Crippen LogP) is 3.62. The summed E-state index contributed by atoms with van der Waals surface area (Å²) >= 11 is 1.56. The normalized spacial score (nSPS) is 12.6. The summed E-state index contributed by atoms with van der Waals surface area (Å²) in [6.07, 6.45) is 0.389. The molecule has 1 N–H and O–H groups in total. The minimum Gasteiger partial charge on any atom is -0.309 e. The van der Waals surface area contributed by atoms with E-state index in [1.54, 1.807) is 17.4 Å². The summed E-state index contributed by atoms with van der Waals surface area (Å²) in [5, 5.41) is 6.19. The minimum atomic E-state index is -0.804. The second kappa shape index (κ2) is 6.21. The van der Waals surface area contributed by atoms with E-state index < -0.39 is 11.6 Å². The SMILES string of the molecule is CCNC(Cc1cccc(F)c1F)c1csc(C)n1. The van der Waals surface area contributed by atoms with Crippen LogP contribution in [0.15, 0.2) is 23.6 Å². The summed E-state index contributed by atoms with van der Waals surface area (Å²) in [6, 6.07) is 4.19. The quantitative estimate of drug-likeness (QED) is 0.906. The highest BCUT2D eigenvalue weighted by Gasteiger charge is 2.17. The number of halogens is 2. The lowest BCUT2D eigenvalue weighted by Gasteiger charge is -2.16. The number of thiazole rings is 1. The first-order valence-corrected chi connectivity index (χ1v) is 7.08. The van der Waals surface area contributed by atoms with Crippen molar-refractivity contribution >= 4 is 11.3 Å². The Morgan fingerprint density at radius 2 is 2.16 bits per heavy atom. The second-order valence-corrected chi connectivity index (χ2v) is 5.38. The number of rotatable bonds is 5. The molecule has 0 aliphatic carbocycles. The van der Waals surface area contributed by atoms with Gasteiger partial charge in [-0.15, -0.1) is 11.3 Å². The van der Waals surface area contributed by atoms with E-state index in [-0.39, 0.29) is 6.04 Å². The van der Waals surface area contributed by atoms with Crippen LogP contribution in [-0.4, -0.2) is 11.5 Å². The largest absolute Gasteiger partial charge is 0.309 e. The van der Waals surface area contributed by atoms with Gasteiger partial charge in [0.1, 0.15) is 0 Å². The summed E-state index contributed by atoms with van der Waals surface area (Å²) in [5.74, 6) is -1.57. The highest BCUT2D eigenvalue weighted by Crippen LogP contribution is 2.22. The fraction of sp³-hybridized carbons (Fsp3) is 0.357. The van der Waals surface area contributed by atoms with Crippen LogP contribution in [0.5, 0.6) is 0 Å². The lowest BCUT2D eigenvalue weighted by molar-refractivity contribution is 0.478. The van der Waals surface area contributed by atoms with E-state index in [0.717, 1.165) is 23.3 Å². The van der Waals surface area contributed by atoms with Crippen LogP contribution >= 0.6 is 11.3 Å². The van der Waals surface area contributed by atoms with E-state index in [1.165, 1.54) is 6.07 Å². The van der Waals surface area contributed by atoms with Gasteiger partial charge in [-0.25, -0.2) is 13.8 Å². The molecule has 5 heteroatoms. The van der Waals surface area contributed by atoms with Gasteiger partial charge in [0.05, 0.1) is 16.7 Å². The highest BCUT2D eigenvalue weighted by molar-refractivity contribution is 7.09. The maximum absolute atomic E-state index is 13.7. The van der Waals surface area contributed by atoms with Crippen LogP contribution in [0.1, 0.15) is 29.2 Å². The fourth-order valence-corrected chi connectivity index (χ4v) is 2.66. The fourth-order valence-electron chi connectivity index (χ4n) is 1.99. The summed E-state index contributed by atoms with van der Waals surface area (Å²) in [7, 11) is 0. The van der Waals surface area contributed by atoms with Crippen LogP contribution in [0.3, 0.4) is 0 Å². The van der Waals surface area contributed by atoms with Crippen LogP contribution in [0.4, 0.5) is 8.78 Å². The molecule has 1 unspecified atom stereocenters. The van der Waals surface area contributed by atoms with Gasteiger partial charge in [-0.1, -0.05) is 19.1 Å². The van der Waals surface area contributed by atoms with E-state index in [2.05, 4.69) is 10.3 Å². The minimum absolute atomic E-state index is 0.0914. The van der Waals surface area contributed by atoms with Gasteiger partial charge in [0.15, 0.2) is 11.6 Å². The Morgan fingerprint density at radius 1 is 1.37 bits per heavy atom. The maximum Gasteiger partial charge on any atom is 0.162 e. The van der Waals surface area contributed by atoms with Crippen LogP contribution in [0, 0.1) is 18.6 Å². The van der Waals surface area contributed by atoms with Gasteiger partial charge in [-0.05, 0) is 31.5 Å². The average molecular weight is 282 g/mol. The zero-order valence-electron chi connectivity index (χ0n) is 10.9. The third-order valence-corrected chi connectivity index (χ3v) is 3.69. The van der Waals surface area contributed by atoms with Gasteiger partial charge < -0.3 is 5.32 Å². The van der Waals surface area contributed by atoms with Crippen LogP contribution in [-0.2, 0) is 6.42 Å². The molecule has 1 aromatic heterocycles. The Bertz CT molecular complexity index is 554. The van der Waals surface area contributed by atoms with Crippen molar-refractivity contribution in [2.75, 3.05) is 6.54 Å². The molecule has 1 aromatic carbocycles. The van der Waals surface area contributed by atoms with E-state index in [4.69, 9.17) is 0 Å². The third kappa shape index (κ3) is 3.36. The summed E-state index contributed by atoms with van der Waals surface area (Å²) in [6.45, 7) is 4.66. The van der Waals surface area contributed by atoms with E-state index in [0.29, 0.717) is 12.0 Å². The molecule has 2 aromatic rings. The van der Waals surface area contributed by atoms with Gasteiger partial charge in [-0.2, -0.15) is 0 Å². The first kappa shape index (κ1) is 14.1. The number of aromatic nitrogens is 1. The number of nitrogens with zero attached hydrogens (tertiary/aromatic N) is 1. The molecule has 19 heavy (non-hydrogen) atoms. The Kier molecular flexibility index (Phi) is 4.61. The topological polar surface area (TPSA) is 24.9 Å². The van der Waals surface area contributed by atoms with Crippen LogP contribution < -0.4 is 5.32 Å². The van der Waals surface area contributed by atoms with Gasteiger partial charge in [-0.3, -0.25) is 0 Å². The van der Waals surface area contributed by atoms with Gasteiger partial charge in [0, 0.05) is 5.38 Å². The Labute approximate surface area is 115 Å². The first-order chi connectivity index (χ1) is 9.11. The molecule has 2 nitrogen and oxygen atoms in total. The molecular weight excluding hydrogens is 266 g/mol. The highest BCUT2D eigenvalue weighted by atomic mass is 32.1. The monoisotopic (exact) mass is 282 g/mol. The van der Waals surface area contributed by atoms with Crippen molar-refractivity contribution in [3.63, 3.8) is 0 Å². The smallest absolute Gasteiger partial charge is 0.162 e. The number of aryl methyl sites for hydroxylation is 1. The standard InChI is InChI=1S/C14H16F2N2S/c1-3-17-12(13-8-19-9(2)18-13)7-10-5-4-6-11(15)14(10)16/h4-6,8,12,17H,3,7H2,1-2H3. The van der Waals surface area contributed by atoms with Crippen molar-refractivity contribution in [1.82, 2.24) is 10.3 Å². The molecule has 102 valence electrons. The third-order valence-electron chi connectivity index (χ3n) is 2.90. The molecule has 0 fully saturated rings. The zero-order valence-corrected chi connectivity index (χ0v) is 11.7. The molecule has 0 bridgehead atoms. The van der Waals surface area contributed by atoms with Crippen molar-refractivity contribution in [3.8, 4) is 0 Å². The van der Waals surface area contributed by atoms with Crippen LogP contribution in [0.2, 0.25) is 0 Å². The predicted molar refractivity (Wildman–Crippen MR) is 73.3 cm³/mol. The van der Waals surface area contributed by atoms with Crippen molar-refractivity contribution < 1.29 is 8.78 Å². The van der Waals surface area contributed by atoms with Crippen molar-refractivity contribution in [2.45, 2.75) is 26.3 Å². The molecule has 0 aliphatic heterocycles. The molecule has 1 atom stereocenters. The van der Waals surface area contributed by atoms with Crippen molar-refractivity contribution in [1.29, 1.82) is 0 Å². The Hall–Kier alpha value is -1.33. The molecule has 0 amide bonds. The molecule has 2 rings (SSSR count). The number of hydrogen-bond acceptors (Lipinski definition) is 3. The zero-order chi connectivity index (χ0) is 13.8. The molecule has 0 aliphatic rings. The van der Waals surface area contributed by atoms with Gasteiger partial charge in [0.2, 0.25) is 0 Å². The molecule has 0 radical (unpaired) electrons. The number of likely N-dealkylation sites (N-methyl/N-ethyl adjacent to an activating group) is 1. The first-order valence-electron chi connectivity index (χ1n) is 6.20. The molecule has 1 heterocycles. The lowest BCUT2D eigenvalue weighted by atomic mass is 10.0.